The highest BCUT2D eigenvalue weighted by atomic mass is 19.1. The Bertz CT molecular complexity index is 2440. The summed E-state index contributed by atoms with van der Waals surface area (Å²) in [6.45, 7) is 13.8. The topological polar surface area (TPSA) is 216 Å². The van der Waals surface area contributed by atoms with Crippen LogP contribution in [0.1, 0.15) is 93.5 Å². The van der Waals surface area contributed by atoms with E-state index in [1.54, 1.807) is 91.9 Å². The number of benzene rings is 2. The van der Waals surface area contributed by atoms with Gasteiger partial charge in [-0.1, -0.05) is 12.1 Å². The number of carbonyl (C=O) groups excluding carboxylic acids is 5. The van der Waals surface area contributed by atoms with Gasteiger partial charge in [0.25, 0.3) is 11.7 Å². The highest BCUT2D eigenvalue weighted by Crippen LogP contribution is 2.35. The molecule has 2 aromatic carbocycles. The van der Waals surface area contributed by atoms with Crippen LogP contribution in [0.5, 0.6) is 0 Å². The number of nitrogens with one attached hydrogen (secondary N) is 3. The molecule has 0 saturated carbocycles. The fourth-order valence-corrected chi connectivity index (χ4v) is 5.63. The van der Waals surface area contributed by atoms with Crippen molar-refractivity contribution in [1.82, 2.24) is 25.6 Å². The van der Waals surface area contributed by atoms with Crippen LogP contribution in [0.15, 0.2) is 85.2 Å². The molecular weight excluding hydrogens is 795 g/mol. The standard InChI is InChI=1S/C22H22FN3O4.C14H20N2O3.C8H4FNO2/c1-12(25-21(29)30-22(2,3)4)19-18(16-7-5-6-10-24-16)17(20(27)28)14-11-13(23)8-9-15(14)26-19;1-10(16-13(18)19-14(2,3)4)12(17)9-11-7-5-6-8-15-11;9-4-1-2-6-5(3-4)7(11)8(12)10-6/h5-12H,1-4H3,(H,25,29)(H,27,28);5-8,10H,9H2,1-4H3,(H,16,18);1-3H,(H,10,11,12)/t;10-;/m.0./s1. The molecule has 1 aliphatic heterocycles. The van der Waals surface area contributed by atoms with Gasteiger partial charge in [-0.05, 0) is 116 Å². The summed E-state index contributed by atoms with van der Waals surface area (Å²) in [5, 5.41) is 17.6. The highest BCUT2D eigenvalue weighted by molar-refractivity contribution is 6.51. The van der Waals surface area contributed by atoms with Crippen molar-refractivity contribution in [2.45, 2.75) is 85.1 Å². The fraction of sp³-hybridized carbons (Fsp3) is 0.295. The van der Waals surface area contributed by atoms with E-state index in [0.29, 0.717) is 22.6 Å². The molecule has 320 valence electrons. The van der Waals surface area contributed by atoms with Crippen LogP contribution in [0.2, 0.25) is 0 Å². The van der Waals surface area contributed by atoms with Gasteiger partial charge in [0.05, 0.1) is 52.2 Å². The van der Waals surface area contributed by atoms with E-state index in [1.807, 2.05) is 6.07 Å². The van der Waals surface area contributed by atoms with Crippen molar-refractivity contribution in [3.63, 3.8) is 0 Å². The van der Waals surface area contributed by atoms with Crippen LogP contribution in [0.3, 0.4) is 0 Å². The first kappa shape index (κ1) is 46.5. The van der Waals surface area contributed by atoms with E-state index in [1.165, 1.54) is 30.5 Å². The van der Waals surface area contributed by atoms with E-state index in [-0.39, 0.29) is 40.0 Å². The van der Waals surface area contributed by atoms with Crippen molar-refractivity contribution in [3.8, 4) is 11.3 Å². The number of carbonyl (C=O) groups is 6. The van der Waals surface area contributed by atoms with Gasteiger partial charge in [0.2, 0.25) is 0 Å². The third kappa shape index (κ3) is 13.4. The Balaban J connectivity index is 0.000000224. The van der Waals surface area contributed by atoms with E-state index in [4.69, 9.17) is 9.47 Å². The number of aromatic nitrogens is 3. The van der Waals surface area contributed by atoms with Gasteiger partial charge >= 0.3 is 18.2 Å². The number of pyridine rings is 3. The van der Waals surface area contributed by atoms with Gasteiger partial charge < -0.3 is 30.5 Å². The number of amides is 3. The molecule has 0 bridgehead atoms. The zero-order valence-electron chi connectivity index (χ0n) is 34.8. The van der Waals surface area contributed by atoms with Crippen molar-refractivity contribution >= 4 is 52.2 Å². The van der Waals surface area contributed by atoms with Crippen LogP contribution in [0, 0.1) is 11.6 Å². The zero-order chi connectivity index (χ0) is 45.2. The largest absolute Gasteiger partial charge is 0.478 e. The lowest BCUT2D eigenvalue weighted by molar-refractivity contribution is -0.120. The number of hydrogen-bond acceptors (Lipinski definition) is 11. The maximum Gasteiger partial charge on any atom is 0.408 e. The van der Waals surface area contributed by atoms with Crippen LogP contribution in [-0.2, 0) is 25.5 Å². The fourth-order valence-electron chi connectivity index (χ4n) is 5.63. The molecule has 1 unspecified atom stereocenters. The predicted octanol–water partition coefficient (Wildman–Crippen LogP) is 7.79. The molecule has 4 heterocycles. The Morgan fingerprint density at radius 2 is 1.38 bits per heavy atom. The maximum absolute atomic E-state index is 13.9. The summed E-state index contributed by atoms with van der Waals surface area (Å²) in [6, 6.07) is 16.5. The molecule has 0 radical (unpaired) electrons. The molecule has 17 heteroatoms. The van der Waals surface area contributed by atoms with E-state index < -0.39 is 64.8 Å². The summed E-state index contributed by atoms with van der Waals surface area (Å²) in [6.07, 6.45) is 2.09. The quantitative estimate of drug-likeness (QED) is 0.110. The van der Waals surface area contributed by atoms with E-state index in [2.05, 4.69) is 30.9 Å². The highest BCUT2D eigenvalue weighted by Gasteiger charge is 2.29. The van der Waals surface area contributed by atoms with Crippen LogP contribution in [0.25, 0.3) is 22.2 Å². The molecule has 61 heavy (non-hydrogen) atoms. The molecule has 0 aliphatic carbocycles. The van der Waals surface area contributed by atoms with Crippen LogP contribution in [0.4, 0.5) is 24.1 Å². The number of anilines is 1. The normalized spacial score (nSPS) is 12.9. The van der Waals surface area contributed by atoms with Gasteiger partial charge in [-0.3, -0.25) is 24.4 Å². The number of nitrogens with zero attached hydrogens (tertiary/aromatic N) is 3. The molecule has 2 atom stereocenters. The monoisotopic (exact) mass is 840 g/mol. The van der Waals surface area contributed by atoms with Gasteiger partial charge in [0, 0.05) is 29.0 Å². The van der Waals surface area contributed by atoms with Gasteiger partial charge in [-0.15, -0.1) is 0 Å². The van der Waals surface area contributed by atoms with Gasteiger partial charge in [-0.2, -0.15) is 0 Å². The Hall–Kier alpha value is -7.17. The maximum atomic E-state index is 13.9. The first-order valence-electron chi connectivity index (χ1n) is 18.9. The zero-order valence-corrected chi connectivity index (χ0v) is 34.8. The lowest BCUT2D eigenvalue weighted by Crippen LogP contribution is -2.42. The number of alkyl carbamates (subject to hydrolysis) is 2. The van der Waals surface area contributed by atoms with Crippen molar-refractivity contribution in [2.75, 3.05) is 5.32 Å². The van der Waals surface area contributed by atoms with E-state index in [0.717, 1.165) is 12.1 Å². The summed E-state index contributed by atoms with van der Waals surface area (Å²) in [4.78, 5) is 82.5. The van der Waals surface area contributed by atoms with Gasteiger partial charge in [0.15, 0.2) is 5.78 Å². The third-order valence-electron chi connectivity index (χ3n) is 8.23. The van der Waals surface area contributed by atoms with Crippen LogP contribution >= 0.6 is 0 Å². The number of Topliss-reactive ketones (excluding diaryl/α,β-unsaturated/α-hetero) is 2. The Labute approximate surface area is 350 Å². The molecule has 0 spiro atoms. The van der Waals surface area contributed by atoms with Crippen molar-refractivity contribution < 1.29 is 52.1 Å². The molecule has 15 nitrogen and oxygen atoms in total. The van der Waals surface area contributed by atoms with Crippen molar-refractivity contribution in [3.05, 3.63) is 119 Å². The Morgan fingerprint density at radius 1 is 0.787 bits per heavy atom. The third-order valence-corrected chi connectivity index (χ3v) is 8.23. The van der Waals surface area contributed by atoms with E-state index in [9.17, 15) is 42.7 Å². The minimum Gasteiger partial charge on any atom is -0.478 e. The molecule has 0 fully saturated rings. The summed E-state index contributed by atoms with van der Waals surface area (Å²) < 4.78 is 36.9. The molecule has 1 aliphatic rings. The average molecular weight is 841 g/mol. The van der Waals surface area contributed by atoms with Crippen LogP contribution in [-0.4, -0.2) is 72.9 Å². The molecule has 3 aromatic heterocycles. The second-order valence-electron chi connectivity index (χ2n) is 15.6. The predicted molar refractivity (Wildman–Crippen MR) is 221 cm³/mol. The number of aromatic carboxylic acids is 1. The summed E-state index contributed by atoms with van der Waals surface area (Å²) in [7, 11) is 0. The number of ketones is 2. The van der Waals surface area contributed by atoms with Crippen molar-refractivity contribution in [1.29, 1.82) is 0 Å². The second-order valence-corrected chi connectivity index (χ2v) is 15.6. The summed E-state index contributed by atoms with van der Waals surface area (Å²) >= 11 is 0. The number of rotatable bonds is 8. The Morgan fingerprint density at radius 3 is 1.95 bits per heavy atom. The lowest BCUT2D eigenvalue weighted by Gasteiger charge is -2.23. The van der Waals surface area contributed by atoms with E-state index >= 15 is 0 Å². The molecule has 4 N–H and O–H groups in total. The summed E-state index contributed by atoms with van der Waals surface area (Å²) in [5.41, 5.74) is 0.911. The smallest absolute Gasteiger partial charge is 0.408 e. The molecule has 5 aromatic rings. The van der Waals surface area contributed by atoms with Crippen molar-refractivity contribution in [2.24, 2.45) is 0 Å². The Kier molecular flexibility index (Phi) is 15.0. The first-order valence-corrected chi connectivity index (χ1v) is 18.9. The molecule has 3 amide bonds. The number of carboxylic acid groups (broad SMARTS) is 1. The number of halogens is 2. The number of carboxylic acids is 1. The van der Waals surface area contributed by atoms with Gasteiger partial charge in [-0.25, -0.2) is 28.1 Å². The number of ether oxygens (including phenoxy) is 2. The minimum absolute atomic E-state index is 0.107. The number of fused-ring (bicyclic) bond motifs is 2. The number of hydrogen-bond donors (Lipinski definition) is 4. The first-order chi connectivity index (χ1) is 28.5. The second kappa shape index (κ2) is 19.7. The molecular formula is C44H46F2N6O9. The SMILES string of the molecule is CC(NC(=O)OC(C)(C)C)c1nc2ccc(F)cc2c(C(=O)O)c1-c1ccccn1.C[C@H](NC(=O)OC(C)(C)C)C(=O)Cc1ccccn1.O=C1Nc2ccc(F)cc2C1=O. The summed E-state index contributed by atoms with van der Waals surface area (Å²) in [5.74, 6) is -3.82. The lowest BCUT2D eigenvalue weighted by atomic mass is 9.94. The van der Waals surface area contributed by atoms with Crippen LogP contribution < -0.4 is 16.0 Å². The van der Waals surface area contributed by atoms with Gasteiger partial charge in [0.1, 0.15) is 22.8 Å². The molecule has 0 saturated heterocycles. The average Bonchev–Trinajstić information content (AvgIpc) is 3.45. The minimum atomic E-state index is -1.25. The molecule has 6 rings (SSSR count).